The van der Waals surface area contributed by atoms with Crippen LogP contribution in [-0.2, 0) is 5.41 Å². The van der Waals surface area contributed by atoms with Crippen LogP contribution in [0.1, 0.15) is 49.9 Å². The Bertz CT molecular complexity index is 406. The summed E-state index contributed by atoms with van der Waals surface area (Å²) >= 11 is 0. The predicted molar refractivity (Wildman–Crippen MR) is 71.2 cm³/mol. The molecule has 1 fully saturated rings. The lowest BCUT2D eigenvalue weighted by atomic mass is 9.81. The maximum absolute atomic E-state index is 9.66. The summed E-state index contributed by atoms with van der Waals surface area (Å²) in [5.41, 5.74) is 4.18. The van der Waals surface area contributed by atoms with Crippen molar-refractivity contribution in [1.82, 2.24) is 5.32 Å². The first kappa shape index (κ1) is 12.6. The summed E-state index contributed by atoms with van der Waals surface area (Å²) in [7, 11) is 0. The Morgan fingerprint density at radius 3 is 2.53 bits per heavy atom. The molecule has 0 spiro atoms. The standard InChI is InChI=1S/C15H23NO/c1-10-5-6-13(15(2,3)4)12(7-10)14-8-11(17)9-16-14/h5-7,11,14,16-17H,8-9H2,1-4H3. The summed E-state index contributed by atoms with van der Waals surface area (Å²) in [5, 5.41) is 13.1. The van der Waals surface area contributed by atoms with E-state index in [1.54, 1.807) is 0 Å². The molecule has 17 heavy (non-hydrogen) atoms. The van der Waals surface area contributed by atoms with Crippen molar-refractivity contribution >= 4 is 0 Å². The van der Waals surface area contributed by atoms with Crippen molar-refractivity contribution in [3.63, 3.8) is 0 Å². The van der Waals surface area contributed by atoms with Crippen LogP contribution in [0.25, 0.3) is 0 Å². The molecule has 2 unspecified atom stereocenters. The highest BCUT2D eigenvalue weighted by Crippen LogP contribution is 2.33. The van der Waals surface area contributed by atoms with Crippen LogP contribution in [0.5, 0.6) is 0 Å². The van der Waals surface area contributed by atoms with Gasteiger partial charge < -0.3 is 10.4 Å². The van der Waals surface area contributed by atoms with E-state index in [9.17, 15) is 5.11 Å². The van der Waals surface area contributed by atoms with E-state index in [-0.39, 0.29) is 11.5 Å². The van der Waals surface area contributed by atoms with Gasteiger partial charge in [-0.1, -0.05) is 44.5 Å². The van der Waals surface area contributed by atoms with E-state index in [4.69, 9.17) is 0 Å². The number of nitrogens with one attached hydrogen (secondary N) is 1. The van der Waals surface area contributed by atoms with Gasteiger partial charge in [0.15, 0.2) is 0 Å². The zero-order valence-electron chi connectivity index (χ0n) is 11.2. The molecule has 2 nitrogen and oxygen atoms in total. The third-order valence-electron chi connectivity index (χ3n) is 3.50. The Morgan fingerprint density at radius 1 is 1.29 bits per heavy atom. The Labute approximate surface area is 104 Å². The van der Waals surface area contributed by atoms with E-state index < -0.39 is 0 Å². The minimum atomic E-state index is -0.201. The highest BCUT2D eigenvalue weighted by atomic mass is 16.3. The van der Waals surface area contributed by atoms with Crippen molar-refractivity contribution in [2.75, 3.05) is 6.54 Å². The monoisotopic (exact) mass is 233 g/mol. The molecule has 2 rings (SSSR count). The van der Waals surface area contributed by atoms with E-state index in [2.05, 4.69) is 51.2 Å². The second-order valence-corrected chi connectivity index (χ2v) is 6.19. The summed E-state index contributed by atoms with van der Waals surface area (Å²) < 4.78 is 0. The molecule has 1 aliphatic rings. The van der Waals surface area contributed by atoms with E-state index in [0.717, 1.165) is 6.42 Å². The fourth-order valence-corrected chi connectivity index (χ4v) is 2.61. The van der Waals surface area contributed by atoms with Gasteiger partial charge in [0.1, 0.15) is 0 Å². The van der Waals surface area contributed by atoms with Crippen LogP contribution in [-0.4, -0.2) is 17.8 Å². The zero-order valence-corrected chi connectivity index (χ0v) is 11.2. The molecule has 1 aliphatic heterocycles. The topological polar surface area (TPSA) is 32.3 Å². The van der Waals surface area contributed by atoms with Gasteiger partial charge in [-0.25, -0.2) is 0 Å². The molecular formula is C15H23NO. The minimum Gasteiger partial charge on any atom is -0.392 e. The third-order valence-corrected chi connectivity index (χ3v) is 3.50. The number of aryl methyl sites for hydroxylation is 1. The van der Waals surface area contributed by atoms with Crippen LogP contribution in [0.2, 0.25) is 0 Å². The first-order chi connectivity index (χ1) is 7.88. The van der Waals surface area contributed by atoms with E-state index in [0.29, 0.717) is 12.6 Å². The summed E-state index contributed by atoms with van der Waals surface area (Å²) in [6, 6.07) is 6.97. The number of β-amino-alcohol motifs (C(OH)–C–C–N with tert-alkyl or cyclic N) is 1. The van der Waals surface area contributed by atoms with Crippen molar-refractivity contribution < 1.29 is 5.11 Å². The van der Waals surface area contributed by atoms with E-state index in [1.807, 2.05) is 0 Å². The zero-order chi connectivity index (χ0) is 12.6. The largest absolute Gasteiger partial charge is 0.392 e. The molecule has 2 N–H and O–H groups in total. The Morgan fingerprint density at radius 2 is 2.00 bits per heavy atom. The Hall–Kier alpha value is -0.860. The molecule has 0 amide bonds. The maximum atomic E-state index is 9.66. The lowest BCUT2D eigenvalue weighted by molar-refractivity contribution is 0.193. The van der Waals surface area contributed by atoms with Gasteiger partial charge in [0.05, 0.1) is 6.10 Å². The number of hydrogen-bond donors (Lipinski definition) is 2. The van der Waals surface area contributed by atoms with Crippen LogP contribution in [0.4, 0.5) is 0 Å². The summed E-state index contributed by atoms with van der Waals surface area (Å²) in [4.78, 5) is 0. The Balaban J connectivity index is 2.40. The highest BCUT2D eigenvalue weighted by Gasteiger charge is 2.28. The lowest BCUT2D eigenvalue weighted by Gasteiger charge is -2.26. The van der Waals surface area contributed by atoms with Crippen molar-refractivity contribution in [1.29, 1.82) is 0 Å². The quantitative estimate of drug-likeness (QED) is 0.781. The fourth-order valence-electron chi connectivity index (χ4n) is 2.61. The summed E-state index contributed by atoms with van der Waals surface area (Å²) in [6.45, 7) is 9.56. The summed E-state index contributed by atoms with van der Waals surface area (Å²) in [5.74, 6) is 0. The molecule has 0 radical (unpaired) electrons. The number of hydrogen-bond acceptors (Lipinski definition) is 2. The molecule has 94 valence electrons. The normalized spacial score (nSPS) is 25.2. The van der Waals surface area contributed by atoms with Gasteiger partial charge in [0.2, 0.25) is 0 Å². The molecule has 1 aromatic rings. The first-order valence-electron chi connectivity index (χ1n) is 6.40. The molecule has 0 aliphatic carbocycles. The number of benzene rings is 1. The molecule has 1 heterocycles. The molecule has 2 atom stereocenters. The maximum Gasteiger partial charge on any atom is 0.0682 e. The smallest absolute Gasteiger partial charge is 0.0682 e. The number of rotatable bonds is 1. The van der Waals surface area contributed by atoms with Gasteiger partial charge in [0, 0.05) is 12.6 Å². The minimum absolute atomic E-state index is 0.151. The van der Waals surface area contributed by atoms with Crippen molar-refractivity contribution in [2.45, 2.75) is 51.7 Å². The van der Waals surface area contributed by atoms with Crippen molar-refractivity contribution in [3.8, 4) is 0 Å². The van der Waals surface area contributed by atoms with Crippen LogP contribution >= 0.6 is 0 Å². The average Bonchev–Trinajstić information content (AvgIpc) is 2.62. The van der Waals surface area contributed by atoms with Crippen LogP contribution < -0.4 is 5.32 Å². The van der Waals surface area contributed by atoms with Crippen LogP contribution in [0.15, 0.2) is 18.2 Å². The van der Waals surface area contributed by atoms with Gasteiger partial charge in [-0.2, -0.15) is 0 Å². The molecule has 0 aromatic heterocycles. The molecule has 0 saturated carbocycles. The van der Waals surface area contributed by atoms with Crippen molar-refractivity contribution in [3.05, 3.63) is 34.9 Å². The molecular weight excluding hydrogens is 210 g/mol. The number of aliphatic hydroxyl groups is 1. The predicted octanol–water partition coefficient (Wildman–Crippen LogP) is 2.69. The first-order valence-corrected chi connectivity index (χ1v) is 6.40. The number of aliphatic hydroxyl groups excluding tert-OH is 1. The fraction of sp³-hybridized carbons (Fsp3) is 0.600. The summed E-state index contributed by atoms with van der Waals surface area (Å²) in [6.07, 6.45) is 0.625. The van der Waals surface area contributed by atoms with Crippen molar-refractivity contribution in [2.24, 2.45) is 0 Å². The molecule has 2 heteroatoms. The van der Waals surface area contributed by atoms with Gasteiger partial charge in [-0.3, -0.25) is 0 Å². The second kappa shape index (κ2) is 4.43. The SMILES string of the molecule is Cc1ccc(C(C)(C)C)c(C2CC(O)CN2)c1. The lowest BCUT2D eigenvalue weighted by Crippen LogP contribution is -2.21. The third kappa shape index (κ3) is 2.70. The van der Waals surface area contributed by atoms with E-state index in [1.165, 1.54) is 16.7 Å². The molecule has 1 saturated heterocycles. The highest BCUT2D eigenvalue weighted by molar-refractivity contribution is 5.38. The van der Waals surface area contributed by atoms with Gasteiger partial charge >= 0.3 is 0 Å². The second-order valence-electron chi connectivity index (χ2n) is 6.19. The average molecular weight is 233 g/mol. The van der Waals surface area contributed by atoms with Gasteiger partial charge in [-0.15, -0.1) is 0 Å². The van der Waals surface area contributed by atoms with Crippen LogP contribution in [0.3, 0.4) is 0 Å². The molecule has 0 bridgehead atoms. The van der Waals surface area contributed by atoms with Gasteiger partial charge in [0.25, 0.3) is 0 Å². The van der Waals surface area contributed by atoms with Gasteiger partial charge in [-0.05, 0) is 29.9 Å². The van der Waals surface area contributed by atoms with E-state index >= 15 is 0 Å². The Kier molecular flexibility index (Phi) is 3.28. The van der Waals surface area contributed by atoms with Crippen LogP contribution in [0, 0.1) is 6.92 Å². The molecule has 1 aromatic carbocycles.